The minimum absolute atomic E-state index is 0.127. The largest absolute Gasteiger partial charge is 0.497 e. The van der Waals surface area contributed by atoms with Crippen molar-refractivity contribution in [1.29, 1.82) is 0 Å². The maximum Gasteiger partial charge on any atom is 0.428 e. The number of hydrogen-bond acceptors (Lipinski definition) is 7. The molecule has 2 aromatic carbocycles. The molecule has 32 heavy (non-hydrogen) atoms. The number of piperidine rings is 1. The zero-order valence-corrected chi connectivity index (χ0v) is 18.2. The molecule has 0 atom stereocenters. The molecule has 1 aliphatic rings. The van der Waals surface area contributed by atoms with Gasteiger partial charge in [0, 0.05) is 24.2 Å². The lowest BCUT2D eigenvalue weighted by Gasteiger charge is -2.26. The lowest BCUT2D eigenvalue weighted by Crippen LogP contribution is -2.46. The van der Waals surface area contributed by atoms with Crippen LogP contribution in [0.5, 0.6) is 17.4 Å². The molecule has 4 rings (SSSR count). The van der Waals surface area contributed by atoms with E-state index in [0.29, 0.717) is 11.4 Å². The molecule has 0 radical (unpaired) electrons. The first kappa shape index (κ1) is 21.6. The number of nitrogens with zero attached hydrogens (tertiary/aromatic N) is 3. The molecule has 1 N–H and O–H groups in total. The Hall–Kier alpha value is -3.65. The highest BCUT2D eigenvalue weighted by molar-refractivity contribution is 5.79. The SMILES string of the molecule is COc1ccc(-c2ncc(OC(=O)NN3CCCCC3)nc2-c2ccc(OC)cc2)cc1. The molecule has 1 saturated heterocycles. The molecule has 1 aliphatic heterocycles. The summed E-state index contributed by atoms with van der Waals surface area (Å²) in [5, 5.41) is 1.87. The Balaban J connectivity index is 1.63. The van der Waals surface area contributed by atoms with E-state index < -0.39 is 6.09 Å². The fourth-order valence-corrected chi connectivity index (χ4v) is 3.59. The van der Waals surface area contributed by atoms with Crippen LogP contribution in [0, 0.1) is 0 Å². The average Bonchev–Trinajstić information content (AvgIpc) is 2.85. The molecule has 0 spiro atoms. The van der Waals surface area contributed by atoms with Crippen molar-refractivity contribution in [3.63, 3.8) is 0 Å². The number of methoxy groups -OCH3 is 2. The number of rotatable bonds is 6. The van der Waals surface area contributed by atoms with Gasteiger partial charge in [-0.3, -0.25) is 5.43 Å². The Labute approximate surface area is 187 Å². The summed E-state index contributed by atoms with van der Waals surface area (Å²) in [5.74, 6) is 1.62. The van der Waals surface area contributed by atoms with Crippen LogP contribution in [0.2, 0.25) is 0 Å². The predicted molar refractivity (Wildman–Crippen MR) is 121 cm³/mol. The predicted octanol–water partition coefficient (Wildman–Crippen LogP) is 4.32. The van der Waals surface area contributed by atoms with Crippen molar-refractivity contribution in [2.45, 2.75) is 19.3 Å². The highest BCUT2D eigenvalue weighted by atomic mass is 16.6. The van der Waals surface area contributed by atoms with Crippen LogP contribution in [0.15, 0.2) is 54.7 Å². The molecule has 8 nitrogen and oxygen atoms in total. The first-order valence-electron chi connectivity index (χ1n) is 10.6. The minimum Gasteiger partial charge on any atom is -0.497 e. The van der Waals surface area contributed by atoms with Crippen molar-refractivity contribution >= 4 is 6.09 Å². The quantitative estimate of drug-likeness (QED) is 0.618. The van der Waals surface area contributed by atoms with Crippen LogP contribution in [0.1, 0.15) is 19.3 Å². The maximum atomic E-state index is 12.4. The first-order chi connectivity index (χ1) is 15.7. The van der Waals surface area contributed by atoms with Crippen molar-refractivity contribution < 1.29 is 19.0 Å². The van der Waals surface area contributed by atoms with Gasteiger partial charge in [0.25, 0.3) is 0 Å². The number of aromatic nitrogens is 2. The Bertz CT molecular complexity index is 1050. The van der Waals surface area contributed by atoms with Crippen LogP contribution in [-0.4, -0.2) is 48.4 Å². The standard InChI is InChI=1S/C24H26N4O4/c1-30-19-10-6-17(7-11-19)22-23(18-8-12-20(31-2)13-9-18)26-21(16-25-22)32-24(29)27-28-14-4-3-5-15-28/h6-13,16H,3-5,14-15H2,1-2H3,(H,27,29). The summed E-state index contributed by atoms with van der Waals surface area (Å²) in [6.45, 7) is 1.63. The van der Waals surface area contributed by atoms with Gasteiger partial charge in [0.05, 0.1) is 26.1 Å². The Kier molecular flexibility index (Phi) is 6.81. The van der Waals surface area contributed by atoms with Gasteiger partial charge in [0.2, 0.25) is 5.88 Å². The van der Waals surface area contributed by atoms with Gasteiger partial charge >= 0.3 is 6.09 Å². The molecular weight excluding hydrogens is 408 g/mol. The molecule has 166 valence electrons. The molecule has 1 amide bonds. The number of ether oxygens (including phenoxy) is 3. The van der Waals surface area contributed by atoms with E-state index in [4.69, 9.17) is 14.2 Å². The third-order valence-corrected chi connectivity index (χ3v) is 5.28. The number of carbonyl (C=O) groups is 1. The third kappa shape index (κ3) is 5.15. The summed E-state index contributed by atoms with van der Waals surface area (Å²) in [5.41, 5.74) is 5.73. The molecule has 0 bridgehead atoms. The van der Waals surface area contributed by atoms with Gasteiger partial charge in [0.1, 0.15) is 17.2 Å². The minimum atomic E-state index is -0.570. The van der Waals surface area contributed by atoms with Crippen LogP contribution in [0.25, 0.3) is 22.5 Å². The van der Waals surface area contributed by atoms with Crippen LogP contribution >= 0.6 is 0 Å². The van der Waals surface area contributed by atoms with Gasteiger partial charge in [-0.25, -0.2) is 19.8 Å². The number of nitrogens with one attached hydrogen (secondary N) is 1. The average molecular weight is 434 g/mol. The summed E-state index contributed by atoms with van der Waals surface area (Å²) in [6.07, 6.45) is 4.18. The molecule has 1 fully saturated rings. The van der Waals surface area contributed by atoms with Crippen LogP contribution in [-0.2, 0) is 0 Å². The number of amides is 1. The summed E-state index contributed by atoms with van der Waals surface area (Å²) >= 11 is 0. The fraction of sp³-hybridized carbons (Fsp3) is 0.292. The summed E-state index contributed by atoms with van der Waals surface area (Å²) in [7, 11) is 3.24. The molecular formula is C24H26N4O4. The van der Waals surface area contributed by atoms with Gasteiger partial charge in [0.15, 0.2) is 0 Å². The Morgan fingerprint density at radius 1 is 0.844 bits per heavy atom. The summed E-state index contributed by atoms with van der Waals surface area (Å²) in [4.78, 5) is 21.5. The van der Waals surface area contributed by atoms with Crippen molar-refractivity contribution in [3.05, 3.63) is 54.7 Å². The number of hydrazine groups is 1. The second-order valence-corrected chi connectivity index (χ2v) is 7.41. The van der Waals surface area contributed by atoms with E-state index in [-0.39, 0.29) is 5.88 Å². The van der Waals surface area contributed by atoms with E-state index in [1.54, 1.807) is 14.2 Å². The lowest BCUT2D eigenvalue weighted by molar-refractivity contribution is 0.128. The van der Waals surface area contributed by atoms with E-state index >= 15 is 0 Å². The van der Waals surface area contributed by atoms with Crippen LogP contribution in [0.3, 0.4) is 0 Å². The van der Waals surface area contributed by atoms with E-state index in [0.717, 1.165) is 48.6 Å². The van der Waals surface area contributed by atoms with Gasteiger partial charge in [-0.05, 0) is 61.4 Å². The summed E-state index contributed by atoms with van der Waals surface area (Å²) < 4.78 is 16.0. The highest BCUT2D eigenvalue weighted by Gasteiger charge is 2.17. The second-order valence-electron chi connectivity index (χ2n) is 7.41. The molecule has 3 aromatic rings. The normalized spacial score (nSPS) is 13.9. The molecule has 0 saturated carbocycles. The molecule has 2 heterocycles. The molecule has 1 aromatic heterocycles. The van der Waals surface area contributed by atoms with Crippen LogP contribution < -0.4 is 19.6 Å². The number of benzene rings is 2. The first-order valence-corrected chi connectivity index (χ1v) is 10.6. The van der Waals surface area contributed by atoms with E-state index in [9.17, 15) is 4.79 Å². The van der Waals surface area contributed by atoms with Gasteiger partial charge in [-0.2, -0.15) is 0 Å². The Morgan fingerprint density at radius 2 is 1.41 bits per heavy atom. The second kappa shape index (κ2) is 10.1. The zero-order valence-electron chi connectivity index (χ0n) is 18.2. The lowest BCUT2D eigenvalue weighted by atomic mass is 10.0. The van der Waals surface area contributed by atoms with Crippen molar-refractivity contribution in [2.24, 2.45) is 0 Å². The maximum absolute atomic E-state index is 12.4. The monoisotopic (exact) mass is 434 g/mol. The molecule has 0 aliphatic carbocycles. The highest BCUT2D eigenvalue weighted by Crippen LogP contribution is 2.32. The topological polar surface area (TPSA) is 85.8 Å². The Morgan fingerprint density at radius 3 is 1.97 bits per heavy atom. The van der Waals surface area contributed by atoms with E-state index in [1.165, 1.54) is 12.6 Å². The summed E-state index contributed by atoms with van der Waals surface area (Å²) in [6, 6.07) is 15.1. The van der Waals surface area contributed by atoms with E-state index in [1.807, 2.05) is 53.5 Å². The van der Waals surface area contributed by atoms with Gasteiger partial charge in [-0.1, -0.05) is 6.42 Å². The number of carbonyl (C=O) groups excluding carboxylic acids is 1. The van der Waals surface area contributed by atoms with Crippen molar-refractivity contribution in [2.75, 3.05) is 27.3 Å². The number of hydrogen-bond donors (Lipinski definition) is 1. The molecule has 8 heteroatoms. The van der Waals surface area contributed by atoms with Crippen molar-refractivity contribution in [1.82, 2.24) is 20.4 Å². The van der Waals surface area contributed by atoms with E-state index in [2.05, 4.69) is 15.4 Å². The van der Waals surface area contributed by atoms with Crippen LogP contribution in [0.4, 0.5) is 4.79 Å². The van der Waals surface area contributed by atoms with Gasteiger partial charge in [-0.15, -0.1) is 0 Å². The zero-order chi connectivity index (χ0) is 22.3. The van der Waals surface area contributed by atoms with Gasteiger partial charge < -0.3 is 14.2 Å². The van der Waals surface area contributed by atoms with Crippen molar-refractivity contribution in [3.8, 4) is 39.9 Å². The molecule has 0 unspecified atom stereocenters. The fourth-order valence-electron chi connectivity index (χ4n) is 3.59. The smallest absolute Gasteiger partial charge is 0.428 e. The third-order valence-electron chi connectivity index (χ3n) is 5.28.